The van der Waals surface area contributed by atoms with Gasteiger partial charge in [0, 0.05) is 18.3 Å². The summed E-state index contributed by atoms with van der Waals surface area (Å²) in [5.41, 5.74) is 2.17. The highest BCUT2D eigenvalue weighted by Crippen LogP contribution is 2.31. The van der Waals surface area contributed by atoms with Crippen molar-refractivity contribution in [2.45, 2.75) is 6.54 Å². The van der Waals surface area contributed by atoms with Crippen LogP contribution < -0.4 is 4.74 Å². The minimum atomic E-state index is -0.119. The lowest BCUT2D eigenvalue weighted by molar-refractivity contribution is 0.0726. The Kier molecular flexibility index (Phi) is 3.49. The predicted molar refractivity (Wildman–Crippen MR) is 87.4 cm³/mol. The molecule has 1 aromatic carbocycles. The van der Waals surface area contributed by atoms with E-state index >= 15 is 0 Å². The van der Waals surface area contributed by atoms with Crippen molar-refractivity contribution in [3.63, 3.8) is 0 Å². The standard InChI is InChI=1S/C16H13BrN4O2/c17-13-5-1-3-11-10-20(7-8-23-15(11)13)16(22)14-9-12-4-2-6-18-21(12)19-14/h1-6,9H,7-8,10H2. The molecular formula is C16H13BrN4O2. The van der Waals surface area contributed by atoms with Gasteiger partial charge in [-0.15, -0.1) is 5.10 Å². The average Bonchev–Trinajstić information content (AvgIpc) is 2.87. The van der Waals surface area contributed by atoms with Crippen LogP contribution in [-0.2, 0) is 6.54 Å². The van der Waals surface area contributed by atoms with Gasteiger partial charge in [0.05, 0.1) is 16.5 Å². The van der Waals surface area contributed by atoms with Crippen LogP contribution in [0.3, 0.4) is 0 Å². The molecule has 0 saturated heterocycles. The molecule has 7 heteroatoms. The van der Waals surface area contributed by atoms with E-state index in [0.717, 1.165) is 21.3 Å². The Morgan fingerprint density at radius 1 is 1.26 bits per heavy atom. The van der Waals surface area contributed by atoms with E-state index in [2.05, 4.69) is 26.1 Å². The summed E-state index contributed by atoms with van der Waals surface area (Å²) in [6, 6.07) is 11.3. The Morgan fingerprint density at radius 3 is 3.04 bits per heavy atom. The number of hydrogen-bond donors (Lipinski definition) is 0. The largest absolute Gasteiger partial charge is 0.490 e. The zero-order valence-electron chi connectivity index (χ0n) is 12.1. The van der Waals surface area contributed by atoms with Crippen LogP contribution in [0.4, 0.5) is 0 Å². The average molecular weight is 373 g/mol. The number of aromatic nitrogens is 3. The summed E-state index contributed by atoms with van der Waals surface area (Å²) in [7, 11) is 0. The lowest BCUT2D eigenvalue weighted by Gasteiger charge is -2.18. The molecule has 3 heterocycles. The lowest BCUT2D eigenvalue weighted by atomic mass is 10.2. The van der Waals surface area contributed by atoms with E-state index in [1.54, 1.807) is 17.2 Å². The van der Waals surface area contributed by atoms with Gasteiger partial charge in [-0.3, -0.25) is 4.79 Å². The Hall–Kier alpha value is -2.41. The first-order valence-corrected chi connectivity index (χ1v) is 8.02. The number of carbonyl (C=O) groups is 1. The van der Waals surface area contributed by atoms with Gasteiger partial charge in [0.2, 0.25) is 0 Å². The van der Waals surface area contributed by atoms with Gasteiger partial charge in [-0.1, -0.05) is 12.1 Å². The van der Waals surface area contributed by atoms with Gasteiger partial charge in [0.25, 0.3) is 5.91 Å². The summed E-state index contributed by atoms with van der Waals surface area (Å²) in [4.78, 5) is 14.5. The molecule has 116 valence electrons. The molecule has 1 amide bonds. The van der Waals surface area contributed by atoms with E-state index in [1.807, 2.05) is 30.3 Å². The summed E-state index contributed by atoms with van der Waals surface area (Å²) in [6.45, 7) is 1.46. The van der Waals surface area contributed by atoms with Crippen molar-refractivity contribution in [1.82, 2.24) is 19.7 Å². The third-order valence-corrected chi connectivity index (χ3v) is 4.40. The monoisotopic (exact) mass is 372 g/mol. The molecule has 2 aromatic heterocycles. The Bertz CT molecular complexity index is 860. The maximum atomic E-state index is 12.8. The molecular weight excluding hydrogens is 360 g/mol. The maximum Gasteiger partial charge on any atom is 0.274 e. The Morgan fingerprint density at radius 2 is 2.17 bits per heavy atom. The molecule has 0 aliphatic carbocycles. The highest BCUT2D eigenvalue weighted by atomic mass is 79.9. The highest BCUT2D eigenvalue weighted by molar-refractivity contribution is 9.10. The second kappa shape index (κ2) is 5.66. The number of fused-ring (bicyclic) bond motifs is 2. The molecule has 1 aliphatic heterocycles. The number of hydrogen-bond acceptors (Lipinski definition) is 4. The number of nitrogens with zero attached hydrogens (tertiary/aromatic N) is 4. The SMILES string of the molecule is O=C(c1cc2cccnn2n1)N1CCOc2c(Br)cccc2C1. The van der Waals surface area contributed by atoms with E-state index in [4.69, 9.17) is 4.74 Å². The van der Waals surface area contributed by atoms with Crippen LogP contribution >= 0.6 is 15.9 Å². The van der Waals surface area contributed by atoms with E-state index in [-0.39, 0.29) is 5.91 Å². The third kappa shape index (κ3) is 2.57. The van der Waals surface area contributed by atoms with Gasteiger partial charge in [-0.05, 0) is 40.2 Å². The molecule has 0 unspecified atom stereocenters. The van der Waals surface area contributed by atoms with Crippen LogP contribution in [0.25, 0.3) is 5.52 Å². The molecule has 3 aromatic rings. The van der Waals surface area contributed by atoms with Gasteiger partial charge >= 0.3 is 0 Å². The number of ether oxygens (including phenoxy) is 1. The molecule has 0 radical (unpaired) electrons. The van der Waals surface area contributed by atoms with Gasteiger partial charge in [-0.2, -0.15) is 9.73 Å². The van der Waals surface area contributed by atoms with Gasteiger partial charge < -0.3 is 9.64 Å². The molecule has 0 fully saturated rings. The van der Waals surface area contributed by atoms with E-state index in [1.165, 1.54) is 4.63 Å². The second-order valence-electron chi connectivity index (χ2n) is 5.27. The fraction of sp³-hybridized carbons (Fsp3) is 0.188. The summed E-state index contributed by atoms with van der Waals surface area (Å²) >= 11 is 3.49. The Labute approximate surface area is 140 Å². The number of amides is 1. The molecule has 4 rings (SSSR count). The van der Waals surface area contributed by atoms with Crippen LogP contribution in [0.1, 0.15) is 16.1 Å². The number of rotatable bonds is 1. The van der Waals surface area contributed by atoms with Crippen molar-refractivity contribution in [3.8, 4) is 5.75 Å². The number of para-hydroxylation sites is 1. The molecule has 0 N–H and O–H groups in total. The number of halogens is 1. The van der Waals surface area contributed by atoms with Gasteiger partial charge in [0.15, 0.2) is 5.69 Å². The molecule has 23 heavy (non-hydrogen) atoms. The van der Waals surface area contributed by atoms with Crippen LogP contribution in [0.15, 0.2) is 47.1 Å². The minimum Gasteiger partial charge on any atom is -0.490 e. The van der Waals surface area contributed by atoms with E-state index < -0.39 is 0 Å². The second-order valence-corrected chi connectivity index (χ2v) is 6.13. The van der Waals surface area contributed by atoms with Gasteiger partial charge in [0.1, 0.15) is 12.4 Å². The third-order valence-electron chi connectivity index (χ3n) is 3.77. The van der Waals surface area contributed by atoms with Crippen molar-refractivity contribution < 1.29 is 9.53 Å². The van der Waals surface area contributed by atoms with Crippen LogP contribution in [-0.4, -0.2) is 38.8 Å². The normalized spacial score (nSPS) is 14.2. The first-order chi connectivity index (χ1) is 11.2. The van der Waals surface area contributed by atoms with E-state index in [9.17, 15) is 4.79 Å². The minimum absolute atomic E-state index is 0.119. The van der Waals surface area contributed by atoms with Crippen molar-refractivity contribution in [2.24, 2.45) is 0 Å². The Balaban J connectivity index is 1.65. The van der Waals surface area contributed by atoms with Crippen LogP contribution in [0.2, 0.25) is 0 Å². The fourth-order valence-corrected chi connectivity index (χ4v) is 3.18. The van der Waals surface area contributed by atoms with Crippen molar-refractivity contribution >= 4 is 27.4 Å². The summed E-state index contributed by atoms with van der Waals surface area (Å²) in [5, 5.41) is 8.36. The fourth-order valence-electron chi connectivity index (χ4n) is 2.66. The molecule has 0 bridgehead atoms. The molecule has 0 saturated carbocycles. The summed E-state index contributed by atoms with van der Waals surface area (Å²) in [5.74, 6) is 0.686. The van der Waals surface area contributed by atoms with Crippen LogP contribution in [0, 0.1) is 0 Å². The first kappa shape index (κ1) is 14.2. The summed E-state index contributed by atoms with van der Waals surface area (Å²) < 4.78 is 8.14. The predicted octanol–water partition coefficient (Wildman–Crippen LogP) is 2.53. The quantitative estimate of drug-likeness (QED) is 0.658. The molecule has 0 atom stereocenters. The van der Waals surface area contributed by atoms with Crippen LogP contribution in [0.5, 0.6) is 5.75 Å². The number of carbonyl (C=O) groups excluding carboxylic acids is 1. The van der Waals surface area contributed by atoms with E-state index in [0.29, 0.717) is 25.4 Å². The molecule has 6 nitrogen and oxygen atoms in total. The van der Waals surface area contributed by atoms with Crippen molar-refractivity contribution in [2.75, 3.05) is 13.2 Å². The van der Waals surface area contributed by atoms with Gasteiger partial charge in [-0.25, -0.2) is 0 Å². The maximum absolute atomic E-state index is 12.8. The number of benzene rings is 1. The van der Waals surface area contributed by atoms with Crippen molar-refractivity contribution in [1.29, 1.82) is 0 Å². The molecule has 0 spiro atoms. The summed E-state index contributed by atoms with van der Waals surface area (Å²) in [6.07, 6.45) is 1.64. The zero-order valence-corrected chi connectivity index (χ0v) is 13.7. The molecule has 1 aliphatic rings. The lowest BCUT2D eigenvalue weighted by Crippen LogP contribution is -2.32. The smallest absolute Gasteiger partial charge is 0.274 e. The first-order valence-electron chi connectivity index (χ1n) is 7.23. The van der Waals surface area contributed by atoms with Crippen molar-refractivity contribution in [3.05, 3.63) is 58.3 Å². The topological polar surface area (TPSA) is 59.7 Å². The highest BCUT2D eigenvalue weighted by Gasteiger charge is 2.24. The zero-order chi connectivity index (χ0) is 15.8.